The maximum absolute atomic E-state index is 17.5. The molecule has 2 heterocycles. The quantitative estimate of drug-likeness (QED) is 0.442. The standard InChI is InChI=1S/C34H37FO7S/c1-31-12-11-22(38)14-21(31)7-9-24-25-15-29-34(28(40)18-37,32(25,2)16-27(39)33(24,31)35)42-30(41-29)26-10-8-23(43-26)13-19-3-5-20(17-36)6-4-19/h3-6,8,10-12,14,24-25,27,29-30,36-37,39H,7,9,13,15-18H2,1-2H3/t24-,25-,27-,29+,30+,31-,32-,33-,34+/m0/s1. The highest BCUT2D eigenvalue weighted by molar-refractivity contribution is 7.12. The lowest BCUT2D eigenvalue weighted by atomic mass is 9.44. The van der Waals surface area contributed by atoms with Gasteiger partial charge in [-0.2, -0.15) is 0 Å². The van der Waals surface area contributed by atoms with Crippen molar-refractivity contribution >= 4 is 22.9 Å². The smallest absolute Gasteiger partial charge is 0.194 e. The SMILES string of the molecule is C[C@]12C=CC(=O)C=C1CC[C@H]1[C@@H]3C[C@H]4O[C@@H](c5ccc(Cc6ccc(CO)cc6)s5)O[C@@]4(C(=O)CO)[C@@]3(C)C[C@H](O)[C@@]12F. The Balaban J connectivity index is 1.19. The Morgan fingerprint density at radius 2 is 1.84 bits per heavy atom. The van der Waals surface area contributed by atoms with Crippen LogP contribution in [0.2, 0.25) is 0 Å². The number of fused-ring (bicyclic) bond motifs is 7. The van der Waals surface area contributed by atoms with Gasteiger partial charge in [0, 0.05) is 28.0 Å². The van der Waals surface area contributed by atoms with Crippen molar-refractivity contribution in [2.75, 3.05) is 6.61 Å². The number of thiophene rings is 1. The number of ketones is 2. The molecule has 0 bridgehead atoms. The fourth-order valence-corrected chi connectivity index (χ4v) is 10.3. The van der Waals surface area contributed by atoms with E-state index in [9.17, 15) is 24.9 Å². The van der Waals surface area contributed by atoms with E-state index >= 15 is 4.39 Å². The topological polar surface area (TPSA) is 113 Å². The van der Waals surface area contributed by atoms with Gasteiger partial charge in [-0.1, -0.05) is 42.8 Å². The van der Waals surface area contributed by atoms with E-state index in [1.807, 2.05) is 43.3 Å². The molecule has 0 unspecified atom stereocenters. The first-order valence-corrected chi connectivity index (χ1v) is 15.9. The minimum absolute atomic E-state index is 0.00537. The number of aliphatic hydroxyl groups excluding tert-OH is 3. The number of ether oxygens (including phenoxy) is 2. The van der Waals surface area contributed by atoms with Crippen LogP contribution in [0.1, 0.15) is 66.7 Å². The number of allylic oxidation sites excluding steroid dienone is 4. The van der Waals surface area contributed by atoms with Gasteiger partial charge in [0.05, 0.1) is 23.7 Å². The third-order valence-electron chi connectivity index (χ3n) is 11.4. The normalized spacial score (nSPS) is 41.3. The molecule has 228 valence electrons. The van der Waals surface area contributed by atoms with Crippen LogP contribution >= 0.6 is 11.3 Å². The zero-order valence-electron chi connectivity index (χ0n) is 24.3. The molecule has 4 fully saturated rings. The Morgan fingerprint density at radius 3 is 2.56 bits per heavy atom. The first kappa shape index (κ1) is 29.2. The van der Waals surface area contributed by atoms with Gasteiger partial charge in [0.1, 0.15) is 6.61 Å². The monoisotopic (exact) mass is 608 g/mol. The van der Waals surface area contributed by atoms with Gasteiger partial charge in [-0.3, -0.25) is 9.59 Å². The van der Waals surface area contributed by atoms with Crippen LogP contribution in [-0.4, -0.2) is 57.0 Å². The van der Waals surface area contributed by atoms with E-state index in [0.29, 0.717) is 31.3 Å². The molecule has 0 radical (unpaired) electrons. The third-order valence-corrected chi connectivity index (χ3v) is 12.5. The molecule has 1 aliphatic heterocycles. The van der Waals surface area contributed by atoms with E-state index in [1.165, 1.54) is 23.5 Å². The maximum atomic E-state index is 17.5. The molecule has 1 aromatic carbocycles. The van der Waals surface area contributed by atoms with Gasteiger partial charge in [0.25, 0.3) is 0 Å². The van der Waals surface area contributed by atoms with E-state index < -0.39 is 58.9 Å². The highest BCUT2D eigenvalue weighted by atomic mass is 32.1. The lowest BCUT2D eigenvalue weighted by molar-refractivity contribution is -0.231. The molecule has 5 aliphatic rings. The van der Waals surface area contributed by atoms with Crippen molar-refractivity contribution in [2.24, 2.45) is 22.7 Å². The second-order valence-corrected chi connectivity index (χ2v) is 14.5. The molecular formula is C34H37FO7S. The molecule has 9 heteroatoms. The number of carbonyl (C=O) groups excluding carboxylic acids is 2. The molecule has 4 aliphatic carbocycles. The summed E-state index contributed by atoms with van der Waals surface area (Å²) in [5.41, 5.74) is -3.02. The van der Waals surface area contributed by atoms with Gasteiger partial charge in [-0.15, -0.1) is 11.3 Å². The molecule has 2 aromatic rings. The summed E-state index contributed by atoms with van der Waals surface area (Å²) in [7, 11) is 0. The van der Waals surface area contributed by atoms with Crippen molar-refractivity contribution in [1.82, 2.24) is 0 Å². The first-order chi connectivity index (χ1) is 20.5. The van der Waals surface area contributed by atoms with E-state index in [1.54, 1.807) is 13.0 Å². The Kier molecular flexibility index (Phi) is 6.78. The van der Waals surface area contributed by atoms with E-state index in [-0.39, 0.29) is 24.7 Å². The molecule has 7 nitrogen and oxygen atoms in total. The number of rotatable bonds is 6. The summed E-state index contributed by atoms with van der Waals surface area (Å²) >= 11 is 1.53. The lowest BCUT2D eigenvalue weighted by Crippen LogP contribution is -2.69. The van der Waals surface area contributed by atoms with Gasteiger partial charge < -0.3 is 24.8 Å². The summed E-state index contributed by atoms with van der Waals surface area (Å²) in [6.07, 6.45) is 3.56. The molecule has 3 saturated carbocycles. The first-order valence-electron chi connectivity index (χ1n) is 15.1. The van der Waals surface area contributed by atoms with Gasteiger partial charge in [0.15, 0.2) is 29.1 Å². The molecule has 3 N–H and O–H groups in total. The van der Waals surface area contributed by atoms with Crippen LogP contribution in [0.25, 0.3) is 0 Å². The summed E-state index contributed by atoms with van der Waals surface area (Å²) in [6, 6.07) is 11.7. The maximum Gasteiger partial charge on any atom is 0.194 e. The van der Waals surface area contributed by atoms with E-state index in [4.69, 9.17) is 9.47 Å². The fraction of sp³-hybridized carbons (Fsp3) is 0.529. The van der Waals surface area contributed by atoms with Crippen molar-refractivity contribution in [1.29, 1.82) is 0 Å². The van der Waals surface area contributed by atoms with Gasteiger partial charge in [-0.05, 0) is 73.9 Å². The van der Waals surface area contributed by atoms with Crippen molar-refractivity contribution in [3.63, 3.8) is 0 Å². The summed E-state index contributed by atoms with van der Waals surface area (Å²) in [4.78, 5) is 27.7. The Labute approximate surface area is 254 Å². The van der Waals surface area contributed by atoms with Crippen LogP contribution in [-0.2, 0) is 32.1 Å². The van der Waals surface area contributed by atoms with Crippen LogP contribution in [0.4, 0.5) is 4.39 Å². The Morgan fingerprint density at radius 1 is 1.09 bits per heavy atom. The molecule has 0 amide bonds. The van der Waals surface area contributed by atoms with E-state index in [2.05, 4.69) is 0 Å². The zero-order chi connectivity index (χ0) is 30.4. The number of aliphatic hydroxyl groups is 3. The molecule has 7 rings (SSSR count). The zero-order valence-corrected chi connectivity index (χ0v) is 25.1. The molecular weight excluding hydrogens is 571 g/mol. The van der Waals surface area contributed by atoms with Crippen molar-refractivity contribution in [2.45, 2.75) is 82.3 Å². The minimum atomic E-state index is -2.03. The van der Waals surface area contributed by atoms with Crippen LogP contribution in [0.5, 0.6) is 0 Å². The van der Waals surface area contributed by atoms with Gasteiger partial charge in [0.2, 0.25) is 0 Å². The summed E-state index contributed by atoms with van der Waals surface area (Å²) in [5, 5.41) is 31.2. The number of halogens is 1. The van der Waals surface area contributed by atoms with Crippen molar-refractivity contribution < 1.29 is 38.8 Å². The fourth-order valence-electron chi connectivity index (χ4n) is 9.28. The minimum Gasteiger partial charge on any atom is -0.392 e. The average molecular weight is 609 g/mol. The summed E-state index contributed by atoms with van der Waals surface area (Å²) < 4.78 is 30.7. The number of Topliss-reactive ketones (excluding diaryl/α,β-unsaturated/α-hetero) is 1. The van der Waals surface area contributed by atoms with Crippen LogP contribution in [0.15, 0.2) is 60.2 Å². The number of hydrogen-bond acceptors (Lipinski definition) is 8. The number of alkyl halides is 1. The van der Waals surface area contributed by atoms with Gasteiger partial charge >= 0.3 is 0 Å². The second-order valence-electron chi connectivity index (χ2n) is 13.3. The predicted octanol–water partition coefficient (Wildman–Crippen LogP) is 4.53. The average Bonchev–Trinajstić information content (AvgIpc) is 3.67. The second kappa shape index (κ2) is 9.99. The summed E-state index contributed by atoms with van der Waals surface area (Å²) in [5.74, 6) is -1.61. The number of hydrogen-bond donors (Lipinski definition) is 3. The van der Waals surface area contributed by atoms with Gasteiger partial charge in [-0.25, -0.2) is 4.39 Å². The summed E-state index contributed by atoms with van der Waals surface area (Å²) in [6.45, 7) is 2.91. The highest BCUT2D eigenvalue weighted by Crippen LogP contribution is 2.72. The molecule has 1 aromatic heterocycles. The highest BCUT2D eigenvalue weighted by Gasteiger charge is 2.79. The largest absolute Gasteiger partial charge is 0.392 e. The Bertz CT molecular complexity index is 1530. The van der Waals surface area contributed by atoms with Crippen LogP contribution in [0.3, 0.4) is 0 Å². The lowest BCUT2D eigenvalue weighted by Gasteiger charge is -2.62. The Hall–Kier alpha value is -2.53. The number of benzene rings is 1. The molecule has 43 heavy (non-hydrogen) atoms. The third kappa shape index (κ3) is 3.88. The molecule has 9 atom stereocenters. The van der Waals surface area contributed by atoms with E-state index in [0.717, 1.165) is 20.9 Å². The predicted molar refractivity (Wildman–Crippen MR) is 157 cm³/mol. The van der Waals surface area contributed by atoms with Crippen molar-refractivity contribution in [3.8, 4) is 0 Å². The molecule has 1 saturated heterocycles. The van der Waals surface area contributed by atoms with Crippen LogP contribution in [0, 0.1) is 22.7 Å². The van der Waals surface area contributed by atoms with Crippen molar-refractivity contribution in [3.05, 3.63) is 81.1 Å². The number of carbonyl (C=O) groups is 2. The van der Waals surface area contributed by atoms with Crippen LogP contribution < -0.4 is 0 Å². The molecule has 0 spiro atoms.